The Morgan fingerprint density at radius 2 is 0.659 bits per heavy atom. The number of thiol groups is 4. The van der Waals surface area contributed by atoms with Crippen molar-refractivity contribution in [3.05, 3.63) is 0 Å². The van der Waals surface area contributed by atoms with Gasteiger partial charge in [0.25, 0.3) is 0 Å². The van der Waals surface area contributed by atoms with Gasteiger partial charge in [-0.3, -0.25) is 0 Å². The Labute approximate surface area is 313 Å². The quantitative estimate of drug-likeness (QED) is 0.0396. The second-order valence-corrected chi connectivity index (χ2v) is 27.7. The Kier molecular flexibility index (Phi) is 29.4. The molecule has 0 aliphatic rings. The first-order chi connectivity index (χ1) is 19.2. The number of carbonyl (C=O) groups excluding carboxylic acids is 4. The summed E-state index contributed by atoms with van der Waals surface area (Å²) in [7, 11) is 0. The summed E-state index contributed by atoms with van der Waals surface area (Å²) in [6.45, 7) is 8.34. The Hall–Kier alpha value is 3.24. The molecule has 0 fully saturated rings. The van der Waals surface area contributed by atoms with Gasteiger partial charge in [0, 0.05) is 0 Å². The summed E-state index contributed by atoms with van der Waals surface area (Å²) in [5.74, 6) is 0.457. The molecule has 0 radical (unpaired) electrons. The maximum atomic E-state index is 13.3. The van der Waals surface area contributed by atoms with Crippen LogP contribution >= 0.6 is 50.5 Å². The third-order valence-electron chi connectivity index (χ3n) is 5.83. The summed E-state index contributed by atoms with van der Waals surface area (Å²) in [6, 6.07) is 0. The monoisotopic (exact) mass is 1110 g/mol. The first-order valence-electron chi connectivity index (χ1n) is 14.3. The molecule has 12 heteroatoms. The van der Waals surface area contributed by atoms with Gasteiger partial charge in [0.05, 0.1) is 0 Å². The molecule has 0 aromatic carbocycles. The minimum absolute atomic E-state index is 0.114. The van der Waals surface area contributed by atoms with Crippen molar-refractivity contribution in [2.45, 2.75) is 136 Å². The van der Waals surface area contributed by atoms with Gasteiger partial charge in [-0.25, -0.2) is 0 Å². The van der Waals surface area contributed by atoms with E-state index < -0.39 is 5.41 Å². The van der Waals surface area contributed by atoms with Crippen molar-refractivity contribution in [1.82, 2.24) is 0 Å². The van der Waals surface area contributed by atoms with Crippen LogP contribution in [0.4, 0.5) is 0 Å². The van der Waals surface area contributed by atoms with Crippen LogP contribution in [0, 0.1) is 5.41 Å². The molecule has 0 spiro atoms. The van der Waals surface area contributed by atoms with Gasteiger partial charge in [0.2, 0.25) is 0 Å². The molecule has 240 valence electrons. The van der Waals surface area contributed by atoms with Crippen LogP contribution < -0.4 is 0 Å². The Balaban J connectivity index is 5.70. The standard InChI is InChI=1S/C29H52O4S4Te4/c1-21(34)17-38-9-5-25(30)13-29(14-26(31)6-10-39-18-22(2)35,15-27(32)7-11-40-19-23(3)36)16-28(33)8-12-41-20-24(4)37/h21-24,34-37H,5-20H2,1-4H3. The summed E-state index contributed by atoms with van der Waals surface area (Å²) in [5, 5.41) is 1.43. The van der Waals surface area contributed by atoms with Gasteiger partial charge in [-0.2, -0.15) is 0 Å². The normalized spacial score (nSPS) is 16.0. The number of carbonyl (C=O) groups is 4. The topological polar surface area (TPSA) is 68.3 Å². The van der Waals surface area contributed by atoms with Crippen molar-refractivity contribution in [3.8, 4) is 0 Å². The molecule has 4 atom stereocenters. The number of ketones is 4. The number of hydrogen-bond donors (Lipinski definition) is 4. The molecule has 0 aromatic rings. The fourth-order valence-electron chi connectivity index (χ4n) is 4.16. The first kappa shape index (κ1) is 44.2. The van der Waals surface area contributed by atoms with E-state index in [0.717, 1.165) is 35.8 Å². The van der Waals surface area contributed by atoms with Crippen LogP contribution in [0.1, 0.15) is 79.1 Å². The van der Waals surface area contributed by atoms with Crippen LogP contribution in [0.2, 0.25) is 35.8 Å². The van der Waals surface area contributed by atoms with E-state index in [-0.39, 0.29) is 133 Å². The molecule has 0 bridgehead atoms. The van der Waals surface area contributed by atoms with Crippen molar-refractivity contribution in [1.29, 1.82) is 0 Å². The van der Waals surface area contributed by atoms with Gasteiger partial charge in [-0.15, -0.1) is 0 Å². The van der Waals surface area contributed by atoms with Crippen molar-refractivity contribution in [3.63, 3.8) is 0 Å². The zero-order chi connectivity index (χ0) is 31.3. The van der Waals surface area contributed by atoms with E-state index in [9.17, 15) is 19.2 Å². The molecular weight excluding hydrogens is 1050 g/mol. The maximum absolute atomic E-state index is 13.3. The summed E-state index contributed by atoms with van der Waals surface area (Å²) >= 11 is 16.8. The SMILES string of the molecule is CC(S)C[Te]CCC(=O)CC(CC(=O)CC[Te]CC(C)S)(CC(=O)CC[Te]CC(C)S)CC(=O)CC[Te]CC(C)S. The number of rotatable bonds is 28. The Morgan fingerprint density at radius 1 is 0.463 bits per heavy atom. The van der Waals surface area contributed by atoms with Crippen LogP contribution in [-0.2, 0) is 19.2 Å². The molecule has 0 rings (SSSR count). The minimum atomic E-state index is -0.855. The summed E-state index contributed by atoms with van der Waals surface area (Å²) in [4.78, 5) is 53.3. The number of Topliss-reactive ketones (excluding diaryl/α,β-unsaturated/α-hetero) is 4. The molecule has 41 heavy (non-hydrogen) atoms. The third-order valence-corrected chi connectivity index (χ3v) is 23.7. The molecule has 4 nitrogen and oxygen atoms in total. The molecule has 4 unspecified atom stereocenters. The van der Waals surface area contributed by atoms with Crippen LogP contribution in [0.25, 0.3) is 0 Å². The summed E-state index contributed by atoms with van der Waals surface area (Å²) in [6.07, 6.45) is 2.69. The van der Waals surface area contributed by atoms with Gasteiger partial charge in [-0.05, 0) is 0 Å². The first-order valence-corrected chi connectivity index (χ1v) is 29.6. The van der Waals surface area contributed by atoms with Crippen LogP contribution in [0.15, 0.2) is 0 Å². The van der Waals surface area contributed by atoms with Crippen LogP contribution in [0.5, 0.6) is 0 Å². The fraction of sp³-hybridized carbons (Fsp3) is 0.862. The van der Waals surface area contributed by atoms with E-state index in [0.29, 0.717) is 46.7 Å². The molecule has 0 aromatic heterocycles. The van der Waals surface area contributed by atoms with E-state index >= 15 is 0 Å². The van der Waals surface area contributed by atoms with Crippen molar-refractivity contribution >= 4 is 157 Å². The van der Waals surface area contributed by atoms with Gasteiger partial charge in [0.1, 0.15) is 0 Å². The van der Waals surface area contributed by atoms with E-state index in [1.165, 1.54) is 0 Å². The Morgan fingerprint density at radius 3 is 0.829 bits per heavy atom. The van der Waals surface area contributed by atoms with Gasteiger partial charge in [-0.1, -0.05) is 0 Å². The average molecular weight is 1100 g/mol. The molecule has 0 saturated heterocycles. The van der Waals surface area contributed by atoms with Crippen molar-refractivity contribution < 1.29 is 19.2 Å². The summed E-state index contributed by atoms with van der Waals surface area (Å²) in [5.41, 5.74) is -0.855. The van der Waals surface area contributed by atoms with E-state index in [1.54, 1.807) is 0 Å². The predicted molar refractivity (Wildman–Crippen MR) is 195 cm³/mol. The van der Waals surface area contributed by atoms with Crippen molar-refractivity contribution in [2.24, 2.45) is 5.41 Å². The zero-order valence-corrected chi connectivity index (χ0v) is 38.1. The molecule has 0 N–H and O–H groups in total. The van der Waals surface area contributed by atoms with E-state index in [2.05, 4.69) is 78.2 Å². The fourth-order valence-corrected chi connectivity index (χ4v) is 17.0. The van der Waals surface area contributed by atoms with Crippen molar-refractivity contribution in [2.75, 3.05) is 0 Å². The second kappa shape index (κ2) is 27.2. The molecule has 0 heterocycles. The van der Waals surface area contributed by atoms with Gasteiger partial charge in [0.15, 0.2) is 0 Å². The predicted octanol–water partition coefficient (Wildman–Crippen LogP) is 6.81. The molecule has 0 aliphatic heterocycles. The molecule has 0 amide bonds. The molecule has 0 saturated carbocycles. The molecule has 0 aliphatic carbocycles. The summed E-state index contributed by atoms with van der Waals surface area (Å²) < 4.78 is 7.98. The van der Waals surface area contributed by atoms with Gasteiger partial charge < -0.3 is 0 Å². The molecular formula is C29H52O4S4Te4. The van der Waals surface area contributed by atoms with Gasteiger partial charge >= 0.3 is 318 Å². The zero-order valence-electron chi connectivity index (χ0n) is 25.2. The van der Waals surface area contributed by atoms with Crippen LogP contribution in [0.3, 0.4) is 0 Å². The Bertz CT molecular complexity index is 642. The van der Waals surface area contributed by atoms with Crippen LogP contribution in [-0.4, -0.2) is 128 Å². The third kappa shape index (κ3) is 28.0. The van der Waals surface area contributed by atoms with E-state index in [4.69, 9.17) is 0 Å². The average Bonchev–Trinajstić information content (AvgIpc) is 2.84. The second-order valence-electron chi connectivity index (χ2n) is 11.1. The van der Waals surface area contributed by atoms with E-state index in [1.807, 2.05) is 0 Å². The number of hydrogen-bond acceptors (Lipinski definition) is 8.